The van der Waals surface area contributed by atoms with Gasteiger partial charge >= 0.3 is 0 Å². The monoisotopic (exact) mass is 350 g/mol. The molecule has 0 bridgehead atoms. The summed E-state index contributed by atoms with van der Waals surface area (Å²) in [5, 5.41) is 21.4. The number of rotatable bonds is 7. The molecule has 1 aliphatic heterocycles. The summed E-state index contributed by atoms with van der Waals surface area (Å²) in [6.07, 6.45) is 6.10. The SMILES string of the molecule is CCNC(=NCC(C)(O)c1cnn(C)c1)NCCN1CCC(C)CC1. The van der Waals surface area contributed by atoms with Crippen molar-refractivity contribution in [2.24, 2.45) is 18.0 Å². The van der Waals surface area contributed by atoms with E-state index in [9.17, 15) is 5.11 Å². The van der Waals surface area contributed by atoms with Gasteiger partial charge in [0.05, 0.1) is 12.7 Å². The van der Waals surface area contributed by atoms with Crippen LogP contribution in [0.4, 0.5) is 0 Å². The predicted octanol–water partition coefficient (Wildman–Crippen LogP) is 0.915. The molecule has 0 saturated carbocycles. The minimum absolute atomic E-state index is 0.287. The molecule has 2 rings (SSSR count). The Morgan fingerprint density at radius 3 is 2.72 bits per heavy atom. The largest absolute Gasteiger partial charge is 0.383 e. The molecule has 0 spiro atoms. The lowest BCUT2D eigenvalue weighted by Crippen LogP contribution is -2.43. The quantitative estimate of drug-likeness (QED) is 0.503. The van der Waals surface area contributed by atoms with Crippen LogP contribution >= 0.6 is 0 Å². The number of piperidine rings is 1. The van der Waals surface area contributed by atoms with Crippen molar-refractivity contribution < 1.29 is 5.11 Å². The molecule has 1 aromatic heterocycles. The van der Waals surface area contributed by atoms with E-state index < -0.39 is 5.60 Å². The summed E-state index contributed by atoms with van der Waals surface area (Å²) in [5.74, 6) is 1.61. The van der Waals surface area contributed by atoms with Crippen LogP contribution in [0, 0.1) is 5.92 Å². The summed E-state index contributed by atoms with van der Waals surface area (Å²) in [7, 11) is 1.84. The molecule has 7 nitrogen and oxygen atoms in total. The number of hydrogen-bond donors (Lipinski definition) is 3. The van der Waals surface area contributed by atoms with E-state index in [-0.39, 0.29) is 6.54 Å². The van der Waals surface area contributed by atoms with Gasteiger partial charge in [0, 0.05) is 38.4 Å². The van der Waals surface area contributed by atoms with Gasteiger partial charge in [-0.25, -0.2) is 4.99 Å². The average Bonchev–Trinajstić information content (AvgIpc) is 3.02. The molecule has 0 amide bonds. The van der Waals surface area contributed by atoms with Crippen LogP contribution in [0.2, 0.25) is 0 Å². The van der Waals surface area contributed by atoms with Crippen LogP contribution in [0.15, 0.2) is 17.4 Å². The van der Waals surface area contributed by atoms with Crippen LogP contribution in [-0.4, -0.2) is 65.0 Å². The molecule has 2 heterocycles. The number of likely N-dealkylation sites (tertiary alicyclic amines) is 1. The molecule has 1 saturated heterocycles. The smallest absolute Gasteiger partial charge is 0.191 e. The van der Waals surface area contributed by atoms with Crippen LogP contribution in [-0.2, 0) is 12.6 Å². The normalized spacial score (nSPS) is 19.6. The van der Waals surface area contributed by atoms with E-state index in [1.54, 1.807) is 17.8 Å². The Morgan fingerprint density at radius 2 is 2.12 bits per heavy atom. The Bertz CT molecular complexity index is 546. The summed E-state index contributed by atoms with van der Waals surface area (Å²) in [4.78, 5) is 7.06. The van der Waals surface area contributed by atoms with Crippen molar-refractivity contribution in [1.29, 1.82) is 0 Å². The molecule has 1 unspecified atom stereocenters. The van der Waals surface area contributed by atoms with Gasteiger partial charge < -0.3 is 20.6 Å². The number of aliphatic hydroxyl groups is 1. The van der Waals surface area contributed by atoms with Gasteiger partial charge in [0.15, 0.2) is 5.96 Å². The molecule has 142 valence electrons. The molecule has 0 radical (unpaired) electrons. The zero-order valence-corrected chi connectivity index (χ0v) is 16.1. The third-order valence-electron chi connectivity index (χ3n) is 4.81. The van der Waals surface area contributed by atoms with Gasteiger partial charge in [0.2, 0.25) is 0 Å². The minimum Gasteiger partial charge on any atom is -0.383 e. The predicted molar refractivity (Wildman–Crippen MR) is 102 cm³/mol. The maximum Gasteiger partial charge on any atom is 0.191 e. The van der Waals surface area contributed by atoms with Gasteiger partial charge in [0.25, 0.3) is 0 Å². The highest BCUT2D eigenvalue weighted by atomic mass is 16.3. The summed E-state index contributed by atoms with van der Waals surface area (Å²) in [5.41, 5.74) is -0.253. The van der Waals surface area contributed by atoms with E-state index in [2.05, 4.69) is 32.5 Å². The molecule has 7 heteroatoms. The fourth-order valence-electron chi connectivity index (χ4n) is 2.98. The zero-order valence-electron chi connectivity index (χ0n) is 16.1. The standard InChI is InChI=1S/C18H34N6O/c1-5-19-17(20-8-11-24-9-6-15(2)7-10-24)21-14-18(3,25)16-12-22-23(4)13-16/h12-13,15,25H,5-11,14H2,1-4H3,(H2,19,20,21). The van der Waals surface area contributed by atoms with Gasteiger partial charge in [0.1, 0.15) is 5.60 Å². The molecule has 1 aromatic rings. The van der Waals surface area contributed by atoms with Gasteiger partial charge in [-0.2, -0.15) is 5.10 Å². The zero-order chi connectivity index (χ0) is 18.3. The van der Waals surface area contributed by atoms with E-state index in [1.165, 1.54) is 25.9 Å². The maximum absolute atomic E-state index is 10.6. The van der Waals surface area contributed by atoms with Crippen molar-refractivity contribution >= 4 is 5.96 Å². The van der Waals surface area contributed by atoms with Crippen molar-refractivity contribution in [2.45, 2.75) is 39.2 Å². The first kappa shape index (κ1) is 19.7. The van der Waals surface area contributed by atoms with Crippen LogP contribution < -0.4 is 10.6 Å². The van der Waals surface area contributed by atoms with Gasteiger partial charge in [-0.1, -0.05) is 6.92 Å². The van der Waals surface area contributed by atoms with Crippen LogP contribution in [0.5, 0.6) is 0 Å². The summed E-state index contributed by atoms with van der Waals surface area (Å²) < 4.78 is 1.69. The number of nitrogens with zero attached hydrogens (tertiary/aromatic N) is 4. The average molecular weight is 351 g/mol. The molecule has 1 atom stereocenters. The first-order chi connectivity index (χ1) is 11.9. The molecule has 3 N–H and O–H groups in total. The first-order valence-corrected chi connectivity index (χ1v) is 9.36. The van der Waals surface area contributed by atoms with Crippen molar-refractivity contribution in [2.75, 3.05) is 39.3 Å². The molecule has 1 aliphatic rings. The number of guanidine groups is 1. The number of aliphatic imine (C=N–C) groups is 1. The Kier molecular flexibility index (Phi) is 7.25. The van der Waals surface area contributed by atoms with Crippen molar-refractivity contribution in [3.63, 3.8) is 0 Å². The lowest BCUT2D eigenvalue weighted by Gasteiger charge is -2.30. The molecule has 25 heavy (non-hydrogen) atoms. The number of aryl methyl sites for hydroxylation is 1. The van der Waals surface area contributed by atoms with Gasteiger partial charge in [-0.15, -0.1) is 0 Å². The van der Waals surface area contributed by atoms with E-state index in [4.69, 9.17) is 0 Å². The Morgan fingerprint density at radius 1 is 1.40 bits per heavy atom. The Hall–Kier alpha value is -1.60. The van der Waals surface area contributed by atoms with E-state index >= 15 is 0 Å². The Balaban J connectivity index is 1.83. The topological polar surface area (TPSA) is 77.7 Å². The lowest BCUT2D eigenvalue weighted by molar-refractivity contribution is 0.0671. The third kappa shape index (κ3) is 6.32. The third-order valence-corrected chi connectivity index (χ3v) is 4.81. The van der Waals surface area contributed by atoms with Crippen LogP contribution in [0.25, 0.3) is 0 Å². The van der Waals surface area contributed by atoms with E-state index in [0.717, 1.165) is 37.1 Å². The van der Waals surface area contributed by atoms with Gasteiger partial charge in [-0.05, 0) is 45.7 Å². The second-order valence-corrected chi connectivity index (χ2v) is 7.32. The summed E-state index contributed by atoms with van der Waals surface area (Å²) in [6.45, 7) is 11.5. The second-order valence-electron chi connectivity index (χ2n) is 7.32. The highest BCUT2D eigenvalue weighted by Gasteiger charge is 2.24. The molecule has 1 fully saturated rings. The van der Waals surface area contributed by atoms with Crippen LogP contribution in [0.3, 0.4) is 0 Å². The van der Waals surface area contributed by atoms with E-state index in [1.807, 2.05) is 20.2 Å². The fraction of sp³-hybridized carbons (Fsp3) is 0.778. The number of hydrogen-bond acceptors (Lipinski definition) is 4. The molecular weight excluding hydrogens is 316 g/mol. The molecular formula is C18H34N6O. The second kappa shape index (κ2) is 9.20. The first-order valence-electron chi connectivity index (χ1n) is 9.36. The maximum atomic E-state index is 10.6. The van der Waals surface area contributed by atoms with Gasteiger partial charge in [-0.3, -0.25) is 4.68 Å². The van der Waals surface area contributed by atoms with Crippen molar-refractivity contribution in [3.05, 3.63) is 18.0 Å². The highest BCUT2D eigenvalue weighted by Crippen LogP contribution is 2.19. The Labute approximate surface area is 151 Å². The summed E-state index contributed by atoms with van der Waals surface area (Å²) in [6, 6.07) is 0. The lowest BCUT2D eigenvalue weighted by atomic mass is 9.99. The highest BCUT2D eigenvalue weighted by molar-refractivity contribution is 5.79. The fourth-order valence-corrected chi connectivity index (χ4v) is 2.98. The van der Waals surface area contributed by atoms with E-state index in [0.29, 0.717) is 0 Å². The summed E-state index contributed by atoms with van der Waals surface area (Å²) >= 11 is 0. The molecule has 0 aromatic carbocycles. The van der Waals surface area contributed by atoms with Crippen LogP contribution in [0.1, 0.15) is 39.2 Å². The number of nitrogens with one attached hydrogen (secondary N) is 2. The number of aromatic nitrogens is 2. The van der Waals surface area contributed by atoms with Crippen molar-refractivity contribution in [3.8, 4) is 0 Å². The minimum atomic E-state index is -1.03. The van der Waals surface area contributed by atoms with Crippen molar-refractivity contribution in [1.82, 2.24) is 25.3 Å². The molecule has 0 aliphatic carbocycles.